The molecule has 2 heteroatoms. The van der Waals surface area contributed by atoms with Crippen LogP contribution in [0.15, 0.2) is 36.4 Å². The van der Waals surface area contributed by atoms with Crippen LogP contribution in [0, 0.1) is 5.92 Å². The molecule has 1 nitrogen and oxygen atoms in total. The van der Waals surface area contributed by atoms with Crippen LogP contribution in [0.2, 0.25) is 0 Å². The average molecular weight is 222 g/mol. The van der Waals surface area contributed by atoms with Crippen molar-refractivity contribution in [2.45, 2.75) is 6.92 Å². The largest absolute Gasteiger partial charge is 0.396 e. The van der Waals surface area contributed by atoms with Gasteiger partial charge in [0.25, 0.3) is 0 Å². The van der Waals surface area contributed by atoms with E-state index in [-0.39, 0.29) is 6.61 Å². The number of aliphatic hydroxyl groups is 1. The molecule has 1 aromatic rings. The molecule has 0 amide bonds. The third kappa shape index (κ3) is 5.65. The van der Waals surface area contributed by atoms with Gasteiger partial charge < -0.3 is 5.11 Å². The summed E-state index contributed by atoms with van der Waals surface area (Å²) in [5.74, 6) is 2.44. The molecule has 1 atom stereocenters. The van der Waals surface area contributed by atoms with Gasteiger partial charge in [0.1, 0.15) is 0 Å². The second-order valence-electron chi connectivity index (χ2n) is 3.64. The maximum Gasteiger partial charge on any atom is 0.0464 e. The van der Waals surface area contributed by atoms with Crippen LogP contribution in [0.4, 0.5) is 0 Å². The molecule has 0 aliphatic rings. The quantitative estimate of drug-likeness (QED) is 0.746. The summed E-state index contributed by atoms with van der Waals surface area (Å²) in [4.78, 5) is 0. The van der Waals surface area contributed by atoms with Crippen molar-refractivity contribution in [1.29, 1.82) is 0 Å². The SMILES string of the molecule is CC(CO)CSCC=Cc1ccccc1. The minimum Gasteiger partial charge on any atom is -0.396 e. The van der Waals surface area contributed by atoms with Crippen LogP contribution in [0.3, 0.4) is 0 Å². The van der Waals surface area contributed by atoms with Gasteiger partial charge in [-0.3, -0.25) is 0 Å². The van der Waals surface area contributed by atoms with E-state index < -0.39 is 0 Å². The fourth-order valence-electron chi connectivity index (χ4n) is 1.14. The van der Waals surface area contributed by atoms with Crippen molar-refractivity contribution in [3.8, 4) is 0 Å². The Morgan fingerprint density at radius 1 is 1.33 bits per heavy atom. The zero-order chi connectivity index (χ0) is 10.9. The summed E-state index contributed by atoms with van der Waals surface area (Å²) >= 11 is 1.86. The standard InChI is InChI=1S/C13H18OS/c1-12(10-14)11-15-9-5-8-13-6-3-2-4-7-13/h2-8,12,14H,9-11H2,1H3. The van der Waals surface area contributed by atoms with Crippen molar-refractivity contribution in [2.75, 3.05) is 18.1 Å². The summed E-state index contributed by atoms with van der Waals surface area (Å²) in [5.41, 5.74) is 1.24. The van der Waals surface area contributed by atoms with Crippen molar-refractivity contribution in [3.05, 3.63) is 42.0 Å². The molecule has 1 N–H and O–H groups in total. The van der Waals surface area contributed by atoms with Crippen molar-refractivity contribution >= 4 is 17.8 Å². The third-order valence-corrected chi connectivity index (χ3v) is 3.27. The number of aliphatic hydroxyl groups excluding tert-OH is 1. The van der Waals surface area contributed by atoms with Crippen molar-refractivity contribution < 1.29 is 5.11 Å². The lowest BCUT2D eigenvalue weighted by Gasteiger charge is -2.04. The van der Waals surface area contributed by atoms with Crippen molar-refractivity contribution in [2.24, 2.45) is 5.92 Å². The molecule has 82 valence electrons. The van der Waals surface area contributed by atoms with Gasteiger partial charge >= 0.3 is 0 Å². The average Bonchev–Trinajstić information content (AvgIpc) is 2.29. The summed E-state index contributed by atoms with van der Waals surface area (Å²) in [5, 5.41) is 8.84. The van der Waals surface area contributed by atoms with E-state index in [9.17, 15) is 0 Å². The van der Waals surface area contributed by atoms with E-state index in [4.69, 9.17) is 5.11 Å². The van der Waals surface area contributed by atoms with Crippen LogP contribution in [0.25, 0.3) is 6.08 Å². The molecule has 0 radical (unpaired) electrons. The molecule has 0 spiro atoms. The molecule has 0 aromatic heterocycles. The van der Waals surface area contributed by atoms with Crippen molar-refractivity contribution in [3.63, 3.8) is 0 Å². The molecule has 0 saturated carbocycles. The zero-order valence-corrected chi connectivity index (χ0v) is 9.91. The highest BCUT2D eigenvalue weighted by Gasteiger charge is 1.97. The van der Waals surface area contributed by atoms with E-state index in [1.54, 1.807) is 0 Å². The first kappa shape index (κ1) is 12.3. The van der Waals surface area contributed by atoms with Crippen molar-refractivity contribution in [1.82, 2.24) is 0 Å². The van der Waals surface area contributed by atoms with E-state index in [1.165, 1.54) is 5.56 Å². The number of hydrogen-bond acceptors (Lipinski definition) is 2. The Bertz CT molecular complexity index is 282. The summed E-state index contributed by atoms with van der Waals surface area (Å²) in [6, 6.07) is 10.3. The molecule has 0 heterocycles. The van der Waals surface area contributed by atoms with Crippen LogP contribution < -0.4 is 0 Å². The Balaban J connectivity index is 2.18. The lowest BCUT2D eigenvalue weighted by Crippen LogP contribution is -2.03. The summed E-state index contributed by atoms with van der Waals surface area (Å²) < 4.78 is 0. The predicted octanol–water partition coefficient (Wildman–Crippen LogP) is 3.06. The smallest absolute Gasteiger partial charge is 0.0464 e. The predicted molar refractivity (Wildman–Crippen MR) is 69.1 cm³/mol. The first-order valence-corrected chi connectivity index (χ1v) is 6.38. The maximum absolute atomic E-state index is 8.84. The van der Waals surface area contributed by atoms with Gasteiger partial charge in [0.15, 0.2) is 0 Å². The second-order valence-corrected chi connectivity index (χ2v) is 4.71. The van der Waals surface area contributed by atoms with E-state index >= 15 is 0 Å². The minimum atomic E-state index is 0.287. The molecule has 1 rings (SSSR count). The molecule has 1 aromatic carbocycles. The van der Waals surface area contributed by atoms with Crippen LogP contribution >= 0.6 is 11.8 Å². The zero-order valence-electron chi connectivity index (χ0n) is 9.10. The Kier molecular flexibility index (Phi) is 6.21. The Hall–Kier alpha value is -0.730. The molecule has 0 fully saturated rings. The molecule has 15 heavy (non-hydrogen) atoms. The van der Waals surface area contributed by atoms with Gasteiger partial charge in [-0.05, 0) is 17.2 Å². The lowest BCUT2D eigenvalue weighted by molar-refractivity contribution is 0.250. The Morgan fingerprint density at radius 2 is 2.07 bits per heavy atom. The third-order valence-electron chi connectivity index (χ3n) is 2.04. The van der Waals surface area contributed by atoms with Gasteiger partial charge in [-0.25, -0.2) is 0 Å². The Labute approximate surface area is 96.2 Å². The van der Waals surface area contributed by atoms with E-state index in [0.717, 1.165) is 11.5 Å². The first-order valence-electron chi connectivity index (χ1n) is 5.23. The fourth-order valence-corrected chi connectivity index (χ4v) is 2.01. The second kappa shape index (κ2) is 7.55. The van der Waals surface area contributed by atoms with Gasteiger partial charge in [-0.1, -0.05) is 49.4 Å². The van der Waals surface area contributed by atoms with Gasteiger partial charge in [-0.2, -0.15) is 11.8 Å². The molecule has 1 unspecified atom stereocenters. The number of rotatable bonds is 6. The Morgan fingerprint density at radius 3 is 2.73 bits per heavy atom. The summed E-state index contributed by atoms with van der Waals surface area (Å²) in [7, 11) is 0. The number of hydrogen-bond donors (Lipinski definition) is 1. The van der Waals surface area contributed by atoms with Crippen LogP contribution in [-0.2, 0) is 0 Å². The summed E-state index contributed by atoms with van der Waals surface area (Å²) in [6.07, 6.45) is 4.31. The molecule has 0 aliphatic carbocycles. The van der Waals surface area contributed by atoms with Gasteiger partial charge in [0, 0.05) is 12.4 Å². The molecular weight excluding hydrogens is 204 g/mol. The molecule has 0 bridgehead atoms. The van der Waals surface area contributed by atoms with E-state index in [1.807, 2.05) is 30.0 Å². The maximum atomic E-state index is 8.84. The van der Waals surface area contributed by atoms with E-state index in [0.29, 0.717) is 5.92 Å². The first-order chi connectivity index (χ1) is 7.33. The highest BCUT2D eigenvalue weighted by Crippen LogP contribution is 2.09. The minimum absolute atomic E-state index is 0.287. The topological polar surface area (TPSA) is 20.2 Å². The van der Waals surface area contributed by atoms with Gasteiger partial charge in [0.2, 0.25) is 0 Å². The number of thioether (sulfide) groups is 1. The van der Waals surface area contributed by atoms with E-state index in [2.05, 4.69) is 31.2 Å². The molecular formula is C13H18OS. The van der Waals surface area contributed by atoms with Gasteiger partial charge in [-0.15, -0.1) is 0 Å². The highest BCUT2D eigenvalue weighted by atomic mass is 32.2. The highest BCUT2D eigenvalue weighted by molar-refractivity contribution is 7.99. The monoisotopic (exact) mass is 222 g/mol. The summed E-state index contributed by atoms with van der Waals surface area (Å²) in [6.45, 7) is 2.35. The van der Waals surface area contributed by atoms with Gasteiger partial charge in [0.05, 0.1) is 0 Å². The fraction of sp³-hybridized carbons (Fsp3) is 0.385. The normalized spacial score (nSPS) is 13.2. The lowest BCUT2D eigenvalue weighted by atomic mass is 10.2. The molecule has 0 aliphatic heterocycles. The number of benzene rings is 1. The van der Waals surface area contributed by atoms with Crippen LogP contribution in [0.5, 0.6) is 0 Å². The van der Waals surface area contributed by atoms with Crippen LogP contribution in [0.1, 0.15) is 12.5 Å². The van der Waals surface area contributed by atoms with Crippen LogP contribution in [-0.4, -0.2) is 23.2 Å². The molecule has 0 saturated heterocycles.